The standard InChI is InChI=1S/C30H30N4OS/c1-19(2)15-27-29-25-14-7-5-10-21(25)18-34(27)22-11-8-12-23(16-22)36-33-30-31-26(17-28(32-30)35-29)24-13-6-4-9-20(24)3/h4-14,16-17,19,27,29H,15,18H2,1-3H3,(H,31,32,33)/t27-,29?/m1/s1. The molecule has 6 bridgehead atoms. The topological polar surface area (TPSA) is 50.3 Å². The third kappa shape index (κ3) is 4.42. The number of aromatic nitrogens is 2. The number of hydrogen-bond donors (Lipinski definition) is 1. The van der Waals surface area contributed by atoms with Crippen molar-refractivity contribution in [1.29, 1.82) is 0 Å². The molecule has 2 aliphatic heterocycles. The third-order valence-electron chi connectivity index (χ3n) is 6.95. The molecule has 3 aromatic carbocycles. The molecule has 0 saturated carbocycles. The Bertz CT molecular complexity index is 1410. The van der Waals surface area contributed by atoms with E-state index in [1.54, 1.807) is 0 Å². The molecule has 2 atom stereocenters. The number of nitrogens with zero attached hydrogens (tertiary/aromatic N) is 3. The molecule has 1 unspecified atom stereocenters. The normalized spacial score (nSPS) is 18.4. The maximum Gasteiger partial charge on any atom is 0.237 e. The first-order valence-electron chi connectivity index (χ1n) is 12.5. The lowest BCUT2D eigenvalue weighted by atomic mass is 9.86. The Balaban J connectivity index is 1.55. The van der Waals surface area contributed by atoms with Gasteiger partial charge in [0.05, 0.1) is 11.7 Å². The molecule has 6 heteroatoms. The van der Waals surface area contributed by atoms with Gasteiger partial charge in [-0.25, -0.2) is 4.98 Å². The van der Waals surface area contributed by atoms with Crippen LogP contribution in [0.3, 0.4) is 0 Å². The molecule has 0 radical (unpaired) electrons. The van der Waals surface area contributed by atoms with Crippen LogP contribution in [0.2, 0.25) is 0 Å². The molecular weight excluding hydrogens is 464 g/mol. The van der Waals surface area contributed by atoms with Gasteiger partial charge in [-0.3, -0.25) is 4.72 Å². The van der Waals surface area contributed by atoms with Crippen LogP contribution < -0.4 is 14.4 Å². The van der Waals surface area contributed by atoms with Crippen LogP contribution in [-0.2, 0) is 6.54 Å². The fourth-order valence-corrected chi connectivity index (χ4v) is 5.90. The third-order valence-corrected chi connectivity index (χ3v) is 7.72. The summed E-state index contributed by atoms with van der Waals surface area (Å²) >= 11 is 1.53. The van der Waals surface area contributed by atoms with Gasteiger partial charge in [-0.1, -0.05) is 68.4 Å². The van der Waals surface area contributed by atoms with Gasteiger partial charge in [0.15, 0.2) is 0 Å². The highest BCUT2D eigenvalue weighted by Gasteiger charge is 2.38. The van der Waals surface area contributed by atoms with E-state index in [2.05, 4.69) is 97.1 Å². The molecule has 36 heavy (non-hydrogen) atoms. The van der Waals surface area contributed by atoms with Crippen LogP contribution in [0.15, 0.2) is 83.8 Å². The first kappa shape index (κ1) is 22.9. The molecule has 1 N–H and O–H groups in total. The van der Waals surface area contributed by atoms with Gasteiger partial charge in [0, 0.05) is 28.8 Å². The molecule has 0 saturated heterocycles. The lowest BCUT2D eigenvalue weighted by Gasteiger charge is -2.44. The SMILES string of the molecule is Cc1ccccc1-c1cc2nc(n1)NSc1cccc(c1)N1Cc3ccccc3C(O2)[C@H]1CC(C)C. The van der Waals surface area contributed by atoms with E-state index in [0.717, 1.165) is 29.1 Å². The van der Waals surface area contributed by atoms with Gasteiger partial charge < -0.3 is 9.64 Å². The Labute approximate surface area is 217 Å². The smallest absolute Gasteiger partial charge is 0.237 e. The molecule has 182 valence electrons. The van der Waals surface area contributed by atoms with Gasteiger partial charge in [-0.2, -0.15) is 4.98 Å². The van der Waals surface area contributed by atoms with Crippen LogP contribution in [0.5, 0.6) is 5.88 Å². The Morgan fingerprint density at radius 2 is 1.83 bits per heavy atom. The zero-order chi connectivity index (χ0) is 24.6. The lowest BCUT2D eigenvalue weighted by Crippen LogP contribution is -2.46. The van der Waals surface area contributed by atoms with Crippen molar-refractivity contribution in [2.45, 2.75) is 50.8 Å². The van der Waals surface area contributed by atoms with E-state index >= 15 is 0 Å². The summed E-state index contributed by atoms with van der Waals surface area (Å²) in [6.45, 7) is 7.54. The average molecular weight is 495 g/mol. The number of rotatable bonds is 3. The minimum absolute atomic E-state index is 0.152. The molecule has 0 spiro atoms. The first-order chi connectivity index (χ1) is 17.5. The Hall–Kier alpha value is -3.51. The van der Waals surface area contributed by atoms with Crippen molar-refractivity contribution in [3.05, 3.63) is 95.6 Å². The number of benzene rings is 3. The Morgan fingerprint density at radius 3 is 2.69 bits per heavy atom. The molecule has 0 fully saturated rings. The van der Waals surface area contributed by atoms with Crippen LogP contribution in [0, 0.1) is 12.8 Å². The number of aryl methyl sites for hydroxylation is 1. The van der Waals surface area contributed by atoms with Gasteiger partial charge in [0.2, 0.25) is 11.8 Å². The van der Waals surface area contributed by atoms with Gasteiger partial charge in [0.25, 0.3) is 0 Å². The number of ether oxygens (including phenoxy) is 1. The quantitative estimate of drug-likeness (QED) is 0.299. The summed E-state index contributed by atoms with van der Waals surface area (Å²) < 4.78 is 10.2. The molecule has 2 aliphatic rings. The predicted octanol–water partition coefficient (Wildman–Crippen LogP) is 7.44. The van der Waals surface area contributed by atoms with E-state index in [1.165, 1.54) is 34.3 Å². The van der Waals surface area contributed by atoms with Crippen LogP contribution >= 0.6 is 11.9 Å². The summed E-state index contributed by atoms with van der Waals surface area (Å²) in [5, 5.41) is 0. The fourth-order valence-electron chi connectivity index (χ4n) is 5.28. The van der Waals surface area contributed by atoms with E-state index in [4.69, 9.17) is 14.7 Å². The zero-order valence-electron chi connectivity index (χ0n) is 20.8. The first-order valence-corrected chi connectivity index (χ1v) is 13.4. The van der Waals surface area contributed by atoms with Crippen LogP contribution in [0.25, 0.3) is 11.3 Å². The second kappa shape index (κ2) is 9.51. The molecular formula is C30H30N4OS. The molecule has 6 rings (SSSR count). The number of nitrogens with one attached hydrogen (secondary N) is 1. The summed E-state index contributed by atoms with van der Waals surface area (Å²) in [5.41, 5.74) is 6.85. The summed E-state index contributed by atoms with van der Waals surface area (Å²) in [6, 6.07) is 27.9. The molecule has 5 nitrogen and oxygen atoms in total. The van der Waals surface area contributed by atoms with Crippen molar-refractivity contribution in [2.75, 3.05) is 9.62 Å². The van der Waals surface area contributed by atoms with Crippen LogP contribution in [0.1, 0.15) is 43.1 Å². The minimum Gasteiger partial charge on any atom is -0.467 e. The summed E-state index contributed by atoms with van der Waals surface area (Å²) in [6.07, 6.45) is 0.859. The van der Waals surface area contributed by atoms with Gasteiger partial charge in [-0.05, 0) is 66.1 Å². The largest absolute Gasteiger partial charge is 0.467 e. The highest BCUT2D eigenvalue weighted by Crippen LogP contribution is 2.42. The predicted molar refractivity (Wildman–Crippen MR) is 147 cm³/mol. The number of anilines is 2. The van der Waals surface area contributed by atoms with Crippen molar-refractivity contribution in [3.8, 4) is 17.1 Å². The van der Waals surface area contributed by atoms with E-state index in [9.17, 15) is 0 Å². The van der Waals surface area contributed by atoms with Crippen molar-refractivity contribution in [3.63, 3.8) is 0 Å². The van der Waals surface area contributed by atoms with Crippen LogP contribution in [-0.4, -0.2) is 16.0 Å². The summed E-state index contributed by atoms with van der Waals surface area (Å²) in [4.78, 5) is 13.3. The van der Waals surface area contributed by atoms with Crippen LogP contribution in [0.4, 0.5) is 11.6 Å². The van der Waals surface area contributed by atoms with Gasteiger partial charge in [0.1, 0.15) is 6.10 Å². The minimum atomic E-state index is -0.152. The van der Waals surface area contributed by atoms with Gasteiger partial charge >= 0.3 is 0 Å². The average Bonchev–Trinajstić information content (AvgIpc) is 2.88. The summed E-state index contributed by atoms with van der Waals surface area (Å²) in [5.74, 6) is 1.65. The maximum absolute atomic E-state index is 6.87. The van der Waals surface area contributed by atoms with E-state index < -0.39 is 0 Å². The number of fused-ring (bicyclic) bond motifs is 9. The number of hydrogen-bond acceptors (Lipinski definition) is 6. The molecule has 0 aliphatic carbocycles. The van der Waals surface area contributed by atoms with Crippen molar-refractivity contribution in [1.82, 2.24) is 9.97 Å². The van der Waals surface area contributed by atoms with Crippen molar-refractivity contribution >= 4 is 23.6 Å². The Morgan fingerprint density at radius 1 is 1.00 bits per heavy atom. The van der Waals surface area contributed by atoms with E-state index in [0.29, 0.717) is 17.7 Å². The molecule has 3 heterocycles. The summed E-state index contributed by atoms with van der Waals surface area (Å²) in [7, 11) is 0. The Kier molecular flexibility index (Phi) is 6.05. The van der Waals surface area contributed by atoms with Crippen molar-refractivity contribution in [2.24, 2.45) is 5.92 Å². The maximum atomic E-state index is 6.87. The van der Waals surface area contributed by atoms with Crippen molar-refractivity contribution < 1.29 is 4.74 Å². The fraction of sp³-hybridized carbons (Fsp3) is 0.267. The highest BCUT2D eigenvalue weighted by molar-refractivity contribution is 8.00. The lowest BCUT2D eigenvalue weighted by molar-refractivity contribution is 0.140. The molecule has 1 aromatic heterocycles. The monoisotopic (exact) mass is 494 g/mol. The second-order valence-corrected chi connectivity index (χ2v) is 10.9. The molecule has 0 amide bonds. The van der Waals surface area contributed by atoms with E-state index in [-0.39, 0.29) is 12.1 Å². The van der Waals surface area contributed by atoms with Gasteiger partial charge in [-0.15, -0.1) is 0 Å². The highest BCUT2D eigenvalue weighted by atomic mass is 32.2. The van der Waals surface area contributed by atoms with E-state index in [1.807, 2.05) is 12.1 Å². The second-order valence-electron chi connectivity index (χ2n) is 9.99. The molecule has 4 aromatic rings. The zero-order valence-corrected chi connectivity index (χ0v) is 21.6.